The molecule has 2 atom stereocenters. The van der Waals surface area contributed by atoms with Gasteiger partial charge in [0.2, 0.25) is 5.95 Å². The number of nitrogens with zero attached hydrogens (tertiary/aromatic N) is 3. The first-order chi connectivity index (χ1) is 15.0. The van der Waals surface area contributed by atoms with E-state index in [-0.39, 0.29) is 18.1 Å². The van der Waals surface area contributed by atoms with E-state index in [0.717, 1.165) is 16.7 Å². The standard InChI is InChI=1S/C25H27FN4O/c1-18-16-29(17-21-11-7-4-8-12-21)24-22(13-14-23(26)28-24)19(2)30(18)25(31)27-15-20-9-5-3-6-10-20/h3-14,18-19H,15-17H2,1-2H3,(H,27,31)/t18-,19+/m1/s1. The van der Waals surface area contributed by atoms with E-state index in [0.29, 0.717) is 25.5 Å². The highest BCUT2D eigenvalue weighted by molar-refractivity contribution is 5.76. The van der Waals surface area contributed by atoms with Gasteiger partial charge in [-0.25, -0.2) is 9.78 Å². The number of pyridine rings is 1. The molecule has 0 bridgehead atoms. The van der Waals surface area contributed by atoms with Crippen LogP contribution in [0.2, 0.25) is 0 Å². The van der Waals surface area contributed by atoms with Crippen LogP contribution in [0.15, 0.2) is 72.8 Å². The van der Waals surface area contributed by atoms with Gasteiger partial charge in [0.15, 0.2) is 0 Å². The number of nitrogens with one attached hydrogen (secondary N) is 1. The molecule has 0 spiro atoms. The van der Waals surface area contributed by atoms with Gasteiger partial charge >= 0.3 is 6.03 Å². The summed E-state index contributed by atoms with van der Waals surface area (Å²) in [5.74, 6) is 0.0835. The quantitative estimate of drug-likeness (QED) is 0.613. The van der Waals surface area contributed by atoms with Crippen LogP contribution in [0, 0.1) is 5.95 Å². The number of carbonyl (C=O) groups is 1. The maximum atomic E-state index is 14.1. The third-order valence-corrected chi connectivity index (χ3v) is 5.74. The molecular weight excluding hydrogens is 391 g/mol. The molecule has 2 amide bonds. The summed E-state index contributed by atoms with van der Waals surface area (Å²) in [7, 11) is 0. The van der Waals surface area contributed by atoms with Gasteiger partial charge in [0.05, 0.1) is 6.04 Å². The first-order valence-corrected chi connectivity index (χ1v) is 10.6. The minimum atomic E-state index is -0.515. The van der Waals surface area contributed by atoms with Crippen LogP contribution in [0.4, 0.5) is 15.0 Å². The van der Waals surface area contributed by atoms with E-state index in [9.17, 15) is 9.18 Å². The highest BCUT2D eigenvalue weighted by Gasteiger charge is 2.34. The second-order valence-corrected chi connectivity index (χ2v) is 7.99. The van der Waals surface area contributed by atoms with Gasteiger partial charge < -0.3 is 15.1 Å². The Hall–Kier alpha value is -3.41. The van der Waals surface area contributed by atoms with Crippen molar-refractivity contribution in [1.82, 2.24) is 15.2 Å². The molecule has 0 radical (unpaired) electrons. The smallest absolute Gasteiger partial charge is 0.318 e. The monoisotopic (exact) mass is 418 g/mol. The Kier molecular flexibility index (Phi) is 6.16. The molecule has 0 aliphatic carbocycles. The molecule has 1 aliphatic rings. The summed E-state index contributed by atoms with van der Waals surface area (Å²) in [6.45, 7) is 5.61. The van der Waals surface area contributed by atoms with Crippen LogP contribution >= 0.6 is 0 Å². The van der Waals surface area contributed by atoms with Crippen molar-refractivity contribution in [3.8, 4) is 0 Å². The third kappa shape index (κ3) is 4.68. The van der Waals surface area contributed by atoms with Gasteiger partial charge in [0.1, 0.15) is 5.82 Å². The van der Waals surface area contributed by atoms with E-state index in [2.05, 4.69) is 15.2 Å². The topological polar surface area (TPSA) is 48.5 Å². The fourth-order valence-corrected chi connectivity index (χ4v) is 4.22. The Balaban J connectivity index is 1.61. The fourth-order valence-electron chi connectivity index (χ4n) is 4.22. The lowest BCUT2D eigenvalue weighted by atomic mass is 10.1. The normalized spacial score (nSPS) is 18.3. The van der Waals surface area contributed by atoms with Crippen molar-refractivity contribution in [1.29, 1.82) is 0 Å². The number of halogens is 1. The molecule has 1 N–H and O–H groups in total. The lowest BCUT2D eigenvalue weighted by Crippen LogP contribution is -2.48. The number of amides is 2. The minimum absolute atomic E-state index is 0.0910. The predicted octanol–water partition coefficient (Wildman–Crippen LogP) is 4.90. The maximum absolute atomic E-state index is 14.1. The second-order valence-electron chi connectivity index (χ2n) is 7.99. The molecule has 6 heteroatoms. The second kappa shape index (κ2) is 9.16. The SMILES string of the molecule is C[C@@H]1CN(Cc2ccccc2)c2nc(F)ccc2[C@H](C)N1C(=O)NCc1ccccc1. The lowest BCUT2D eigenvalue weighted by Gasteiger charge is -2.33. The summed E-state index contributed by atoms with van der Waals surface area (Å²) < 4.78 is 14.1. The van der Waals surface area contributed by atoms with E-state index in [1.165, 1.54) is 6.07 Å². The van der Waals surface area contributed by atoms with Crippen molar-refractivity contribution in [2.75, 3.05) is 11.4 Å². The molecular formula is C25H27FN4O. The average molecular weight is 419 g/mol. The fraction of sp³-hybridized carbons (Fsp3) is 0.280. The van der Waals surface area contributed by atoms with Crippen LogP contribution in [0.25, 0.3) is 0 Å². The van der Waals surface area contributed by atoms with Crippen molar-refractivity contribution in [3.05, 3.63) is 95.4 Å². The Morgan fingerprint density at radius 3 is 2.32 bits per heavy atom. The Morgan fingerprint density at radius 2 is 1.65 bits per heavy atom. The highest BCUT2D eigenvalue weighted by atomic mass is 19.1. The van der Waals surface area contributed by atoms with Crippen LogP contribution in [-0.4, -0.2) is 28.5 Å². The molecule has 0 fully saturated rings. The van der Waals surface area contributed by atoms with Crippen molar-refractivity contribution >= 4 is 11.8 Å². The van der Waals surface area contributed by atoms with Gasteiger partial charge in [0.25, 0.3) is 0 Å². The van der Waals surface area contributed by atoms with Gasteiger partial charge in [-0.3, -0.25) is 0 Å². The molecule has 4 rings (SSSR count). The van der Waals surface area contributed by atoms with Crippen LogP contribution in [0.5, 0.6) is 0 Å². The van der Waals surface area contributed by atoms with Crippen molar-refractivity contribution in [3.63, 3.8) is 0 Å². The molecule has 160 valence electrons. The van der Waals surface area contributed by atoms with Gasteiger partial charge in [-0.2, -0.15) is 4.39 Å². The molecule has 3 aromatic rings. The summed E-state index contributed by atoms with van der Waals surface area (Å²) in [6.07, 6.45) is 0. The van der Waals surface area contributed by atoms with Gasteiger partial charge in [-0.15, -0.1) is 0 Å². The molecule has 0 saturated carbocycles. The number of benzene rings is 2. The number of urea groups is 1. The van der Waals surface area contributed by atoms with Crippen molar-refractivity contribution < 1.29 is 9.18 Å². The van der Waals surface area contributed by atoms with E-state index in [1.807, 2.05) is 79.4 Å². The zero-order valence-corrected chi connectivity index (χ0v) is 17.8. The van der Waals surface area contributed by atoms with E-state index in [4.69, 9.17) is 0 Å². The third-order valence-electron chi connectivity index (χ3n) is 5.74. The Bertz CT molecular complexity index is 1030. The minimum Gasteiger partial charge on any atom is -0.350 e. The summed E-state index contributed by atoms with van der Waals surface area (Å²) in [4.78, 5) is 21.3. The Morgan fingerprint density at radius 1 is 1.00 bits per heavy atom. The summed E-state index contributed by atoms with van der Waals surface area (Å²) in [5.41, 5.74) is 3.00. The first kappa shape index (κ1) is 20.8. The van der Waals surface area contributed by atoms with Gasteiger partial charge in [0, 0.05) is 31.2 Å². The first-order valence-electron chi connectivity index (χ1n) is 10.6. The number of hydrogen-bond acceptors (Lipinski definition) is 3. The van der Waals surface area contributed by atoms with Crippen LogP contribution in [0.3, 0.4) is 0 Å². The van der Waals surface area contributed by atoms with Crippen molar-refractivity contribution in [2.45, 2.75) is 39.0 Å². The molecule has 31 heavy (non-hydrogen) atoms. The van der Waals surface area contributed by atoms with Gasteiger partial charge in [-0.05, 0) is 37.1 Å². The lowest BCUT2D eigenvalue weighted by molar-refractivity contribution is 0.158. The van der Waals surface area contributed by atoms with E-state index >= 15 is 0 Å². The molecule has 2 heterocycles. The predicted molar refractivity (Wildman–Crippen MR) is 120 cm³/mol. The number of aromatic nitrogens is 1. The van der Waals surface area contributed by atoms with Crippen molar-refractivity contribution in [2.24, 2.45) is 0 Å². The van der Waals surface area contributed by atoms with Crippen LogP contribution in [-0.2, 0) is 13.1 Å². The average Bonchev–Trinajstić information content (AvgIpc) is 2.87. The highest BCUT2D eigenvalue weighted by Crippen LogP contribution is 2.34. The number of anilines is 1. The summed E-state index contributed by atoms with van der Waals surface area (Å²) >= 11 is 0. The molecule has 0 unspecified atom stereocenters. The van der Waals surface area contributed by atoms with Crippen LogP contribution < -0.4 is 10.2 Å². The number of rotatable bonds is 4. The summed E-state index contributed by atoms with van der Waals surface area (Å²) in [5, 5.41) is 3.04. The molecule has 1 aliphatic heterocycles. The zero-order chi connectivity index (χ0) is 21.8. The van der Waals surface area contributed by atoms with E-state index in [1.54, 1.807) is 6.07 Å². The van der Waals surface area contributed by atoms with E-state index < -0.39 is 5.95 Å². The largest absolute Gasteiger partial charge is 0.350 e. The molecule has 0 saturated heterocycles. The van der Waals surface area contributed by atoms with Crippen LogP contribution in [0.1, 0.15) is 36.6 Å². The van der Waals surface area contributed by atoms with Gasteiger partial charge in [-0.1, -0.05) is 60.7 Å². The zero-order valence-electron chi connectivity index (χ0n) is 17.8. The Labute approximate surface area is 182 Å². The number of hydrogen-bond donors (Lipinski definition) is 1. The number of fused-ring (bicyclic) bond motifs is 1. The molecule has 5 nitrogen and oxygen atoms in total. The number of carbonyl (C=O) groups excluding carboxylic acids is 1. The molecule has 2 aromatic carbocycles. The molecule has 1 aromatic heterocycles. The maximum Gasteiger partial charge on any atom is 0.318 e. The summed E-state index contributed by atoms with van der Waals surface area (Å²) in [6, 6.07) is 22.5.